The third-order valence-corrected chi connectivity index (χ3v) is 5.48. The van der Waals surface area contributed by atoms with Crippen LogP contribution in [-0.2, 0) is 11.2 Å². The molecular formula is C18H18ClN3O2S. The Balaban J connectivity index is 1.40. The zero-order valence-electron chi connectivity index (χ0n) is 13.4. The molecule has 0 radical (unpaired) electrons. The average molecular weight is 376 g/mol. The smallest absolute Gasteiger partial charge is 0.307 e. The summed E-state index contributed by atoms with van der Waals surface area (Å²) in [6, 6.07) is 14.5. The summed E-state index contributed by atoms with van der Waals surface area (Å²) in [7, 11) is 0. The van der Waals surface area contributed by atoms with Crippen LogP contribution >= 0.6 is 23.4 Å². The highest BCUT2D eigenvalue weighted by Gasteiger charge is 2.22. The number of hydrogen-bond donors (Lipinski definition) is 3. The molecule has 3 rings (SSSR count). The number of aryl methyl sites for hydroxylation is 1. The Labute approximate surface area is 155 Å². The van der Waals surface area contributed by atoms with E-state index in [1.807, 2.05) is 12.1 Å². The van der Waals surface area contributed by atoms with Crippen molar-refractivity contribution in [3.63, 3.8) is 0 Å². The number of amides is 3. The van der Waals surface area contributed by atoms with Gasteiger partial charge in [-0.1, -0.05) is 35.9 Å². The van der Waals surface area contributed by atoms with E-state index in [0.29, 0.717) is 21.7 Å². The molecule has 7 heteroatoms. The number of hydrazine groups is 1. The highest BCUT2D eigenvalue weighted by atomic mass is 35.5. The van der Waals surface area contributed by atoms with Gasteiger partial charge in [-0.15, -0.1) is 11.8 Å². The molecule has 1 atom stereocenters. The Morgan fingerprint density at radius 1 is 1.08 bits per heavy atom. The van der Waals surface area contributed by atoms with Gasteiger partial charge in [0.2, 0.25) is 5.91 Å². The molecule has 0 saturated carbocycles. The maximum atomic E-state index is 11.9. The van der Waals surface area contributed by atoms with Crippen LogP contribution in [0.25, 0.3) is 0 Å². The number of halogens is 1. The Morgan fingerprint density at radius 3 is 2.64 bits per heavy atom. The molecule has 3 amide bonds. The van der Waals surface area contributed by atoms with Crippen LogP contribution in [0.4, 0.5) is 10.5 Å². The van der Waals surface area contributed by atoms with Crippen LogP contribution in [0.2, 0.25) is 5.02 Å². The first-order valence-electron chi connectivity index (χ1n) is 7.92. The molecular weight excluding hydrogens is 358 g/mol. The van der Waals surface area contributed by atoms with Crippen molar-refractivity contribution in [2.45, 2.75) is 18.1 Å². The molecule has 0 aliphatic heterocycles. The quantitative estimate of drug-likeness (QED) is 0.709. The molecule has 1 aliphatic carbocycles. The fourth-order valence-corrected chi connectivity index (χ4v) is 3.97. The van der Waals surface area contributed by atoms with Gasteiger partial charge in [0, 0.05) is 16.0 Å². The molecule has 0 unspecified atom stereocenters. The van der Waals surface area contributed by atoms with Crippen molar-refractivity contribution in [1.82, 2.24) is 10.9 Å². The molecule has 25 heavy (non-hydrogen) atoms. The van der Waals surface area contributed by atoms with Crippen molar-refractivity contribution in [2.24, 2.45) is 0 Å². The number of anilines is 1. The molecule has 0 heterocycles. The number of rotatable bonds is 4. The fourth-order valence-electron chi connectivity index (χ4n) is 2.73. The van der Waals surface area contributed by atoms with Gasteiger partial charge in [-0.05, 0) is 48.2 Å². The van der Waals surface area contributed by atoms with Crippen molar-refractivity contribution in [1.29, 1.82) is 0 Å². The summed E-state index contributed by atoms with van der Waals surface area (Å²) in [4.78, 5) is 23.7. The predicted octanol–water partition coefficient (Wildman–Crippen LogP) is 3.91. The van der Waals surface area contributed by atoms with Crippen LogP contribution in [0, 0.1) is 0 Å². The molecule has 5 nitrogen and oxygen atoms in total. The summed E-state index contributed by atoms with van der Waals surface area (Å²) in [6.45, 7) is 0. The van der Waals surface area contributed by atoms with Gasteiger partial charge >= 0.3 is 6.03 Å². The molecule has 1 aliphatic rings. The predicted molar refractivity (Wildman–Crippen MR) is 102 cm³/mol. The number of fused-ring (bicyclic) bond motifs is 1. The monoisotopic (exact) mass is 375 g/mol. The molecule has 3 N–H and O–H groups in total. The maximum absolute atomic E-state index is 11.9. The molecule has 0 fully saturated rings. The molecule has 2 aromatic rings. The summed E-state index contributed by atoms with van der Waals surface area (Å²) in [5.41, 5.74) is 8.02. The summed E-state index contributed by atoms with van der Waals surface area (Å²) in [6.07, 6.45) is 2.10. The zero-order chi connectivity index (χ0) is 17.6. The van der Waals surface area contributed by atoms with E-state index in [0.717, 1.165) is 12.8 Å². The zero-order valence-corrected chi connectivity index (χ0v) is 15.0. The lowest BCUT2D eigenvalue weighted by molar-refractivity contribution is -0.119. The lowest BCUT2D eigenvalue weighted by Gasteiger charge is -2.12. The van der Waals surface area contributed by atoms with Crippen molar-refractivity contribution in [2.75, 3.05) is 11.1 Å². The Kier molecular flexibility index (Phi) is 5.83. The minimum Gasteiger partial charge on any atom is -0.307 e. The highest BCUT2D eigenvalue weighted by molar-refractivity contribution is 8.00. The van der Waals surface area contributed by atoms with Crippen molar-refractivity contribution < 1.29 is 9.59 Å². The summed E-state index contributed by atoms with van der Waals surface area (Å²) >= 11 is 7.38. The Hall–Kier alpha value is -2.18. The van der Waals surface area contributed by atoms with Gasteiger partial charge in [-0.2, -0.15) is 0 Å². The van der Waals surface area contributed by atoms with Crippen LogP contribution in [0.1, 0.15) is 22.8 Å². The standard InChI is InChI=1S/C18H18ClN3O2S/c19-13-6-8-14(9-7-13)20-18(24)22-21-17(23)11-25-16-10-5-12-3-1-2-4-15(12)16/h1-4,6-9,16H,5,10-11H2,(H,21,23)(H2,20,22,24)/t16-/m1/s1. The van der Waals surface area contributed by atoms with E-state index in [9.17, 15) is 9.59 Å². The first kappa shape index (κ1) is 17.6. The highest BCUT2D eigenvalue weighted by Crippen LogP contribution is 2.40. The van der Waals surface area contributed by atoms with Gasteiger partial charge in [0.25, 0.3) is 0 Å². The van der Waals surface area contributed by atoms with Crippen molar-refractivity contribution in [3.8, 4) is 0 Å². The first-order valence-corrected chi connectivity index (χ1v) is 9.35. The van der Waals surface area contributed by atoms with E-state index in [-0.39, 0.29) is 5.91 Å². The van der Waals surface area contributed by atoms with Crippen molar-refractivity contribution >= 4 is 41.0 Å². The number of thioether (sulfide) groups is 1. The van der Waals surface area contributed by atoms with E-state index >= 15 is 0 Å². The van der Waals surface area contributed by atoms with Gasteiger partial charge in [0.15, 0.2) is 0 Å². The second kappa shape index (κ2) is 8.27. The van der Waals surface area contributed by atoms with E-state index in [1.165, 1.54) is 11.1 Å². The van der Waals surface area contributed by atoms with Gasteiger partial charge in [-0.25, -0.2) is 10.2 Å². The van der Waals surface area contributed by atoms with E-state index in [1.54, 1.807) is 36.0 Å². The number of nitrogens with one attached hydrogen (secondary N) is 3. The molecule has 0 spiro atoms. The minimum absolute atomic E-state index is 0.236. The Morgan fingerprint density at radius 2 is 1.84 bits per heavy atom. The van der Waals surface area contributed by atoms with E-state index in [4.69, 9.17) is 11.6 Å². The lowest BCUT2D eigenvalue weighted by atomic mass is 10.1. The van der Waals surface area contributed by atoms with E-state index in [2.05, 4.69) is 28.3 Å². The van der Waals surface area contributed by atoms with Crippen LogP contribution in [-0.4, -0.2) is 17.7 Å². The van der Waals surface area contributed by atoms with E-state index < -0.39 is 6.03 Å². The maximum Gasteiger partial charge on any atom is 0.337 e. The molecule has 2 aromatic carbocycles. The number of benzene rings is 2. The van der Waals surface area contributed by atoms with Gasteiger partial charge in [0.1, 0.15) is 0 Å². The molecule has 0 bridgehead atoms. The second-order valence-electron chi connectivity index (χ2n) is 5.67. The molecule has 130 valence electrons. The van der Waals surface area contributed by atoms with Crippen molar-refractivity contribution in [3.05, 3.63) is 64.7 Å². The van der Waals surface area contributed by atoms with Crippen LogP contribution in [0.15, 0.2) is 48.5 Å². The third kappa shape index (κ3) is 4.90. The number of carbonyl (C=O) groups is 2. The lowest BCUT2D eigenvalue weighted by Crippen LogP contribution is -2.44. The number of urea groups is 1. The fraction of sp³-hybridized carbons (Fsp3) is 0.222. The average Bonchev–Trinajstić information content (AvgIpc) is 3.03. The first-order chi connectivity index (χ1) is 12.1. The largest absolute Gasteiger partial charge is 0.337 e. The second-order valence-corrected chi connectivity index (χ2v) is 7.30. The van der Waals surface area contributed by atoms with Gasteiger partial charge in [-0.3, -0.25) is 10.2 Å². The topological polar surface area (TPSA) is 70.2 Å². The normalized spacial score (nSPS) is 15.3. The van der Waals surface area contributed by atoms with Gasteiger partial charge < -0.3 is 5.32 Å². The summed E-state index contributed by atoms with van der Waals surface area (Å²) in [5, 5.41) is 3.53. The molecule has 0 aromatic heterocycles. The number of hydrogen-bond acceptors (Lipinski definition) is 3. The SMILES string of the molecule is O=C(CS[C@@H]1CCc2ccccc21)NNC(=O)Nc1ccc(Cl)cc1. The summed E-state index contributed by atoms with van der Waals surface area (Å²) in [5.74, 6) is 0.0564. The van der Waals surface area contributed by atoms with Crippen LogP contribution < -0.4 is 16.2 Å². The summed E-state index contributed by atoms with van der Waals surface area (Å²) < 4.78 is 0. The van der Waals surface area contributed by atoms with Gasteiger partial charge in [0.05, 0.1) is 5.75 Å². The molecule has 0 saturated heterocycles. The Bertz CT molecular complexity index is 767. The van der Waals surface area contributed by atoms with Crippen LogP contribution in [0.5, 0.6) is 0 Å². The third-order valence-electron chi connectivity index (χ3n) is 3.91. The number of carbonyl (C=O) groups excluding carboxylic acids is 2. The minimum atomic E-state index is -0.508. The van der Waals surface area contributed by atoms with Crippen LogP contribution in [0.3, 0.4) is 0 Å².